The van der Waals surface area contributed by atoms with Gasteiger partial charge < -0.3 is 9.94 Å². The Labute approximate surface area is 136 Å². The second-order valence-corrected chi connectivity index (χ2v) is 7.90. The highest BCUT2D eigenvalue weighted by Crippen LogP contribution is 2.37. The molecule has 4 nitrogen and oxygen atoms in total. The summed E-state index contributed by atoms with van der Waals surface area (Å²) < 4.78 is 0. The predicted octanol–water partition coefficient (Wildman–Crippen LogP) is 3.46. The maximum Gasteiger partial charge on any atom is 0.145 e. The van der Waals surface area contributed by atoms with E-state index in [0.717, 1.165) is 50.9 Å². The van der Waals surface area contributed by atoms with Crippen molar-refractivity contribution in [3.8, 4) is 0 Å². The van der Waals surface area contributed by atoms with Crippen LogP contribution in [0.5, 0.6) is 0 Å². The molecule has 22 heavy (non-hydrogen) atoms. The van der Waals surface area contributed by atoms with Crippen LogP contribution in [0.2, 0.25) is 0 Å². The van der Waals surface area contributed by atoms with Gasteiger partial charge in [-0.25, -0.2) is 0 Å². The van der Waals surface area contributed by atoms with E-state index in [-0.39, 0.29) is 11.8 Å². The van der Waals surface area contributed by atoms with E-state index in [2.05, 4.69) is 41.4 Å². The third kappa shape index (κ3) is 3.53. The molecular formula is C17H26N2O2S. The van der Waals surface area contributed by atoms with Gasteiger partial charge in [0.25, 0.3) is 0 Å². The highest BCUT2D eigenvalue weighted by molar-refractivity contribution is 7.12. The van der Waals surface area contributed by atoms with Crippen molar-refractivity contribution in [3.05, 3.63) is 22.4 Å². The molecule has 0 radical (unpaired) electrons. The highest BCUT2D eigenvalue weighted by atomic mass is 32.1. The molecule has 1 atom stereocenters. The molecular weight excluding hydrogens is 296 g/mol. The first-order valence-corrected chi connectivity index (χ1v) is 9.17. The average molecular weight is 322 g/mol. The first-order chi connectivity index (χ1) is 10.6. The highest BCUT2D eigenvalue weighted by Gasteiger charge is 2.43. The molecule has 0 aromatic carbocycles. The second kappa shape index (κ2) is 6.69. The molecule has 122 valence electrons. The van der Waals surface area contributed by atoms with Crippen LogP contribution in [0, 0.1) is 5.92 Å². The van der Waals surface area contributed by atoms with E-state index in [1.54, 1.807) is 11.3 Å². The Morgan fingerprint density at radius 3 is 2.77 bits per heavy atom. The molecule has 1 spiro atoms. The standard InChI is InChI=1S/C17H26N2O2S/c1-13(2)5-6-16(20)19-9-7-17(8-10-19)12-14(18-21-17)15-4-3-11-22-15/h3-4,11,13,16,20H,5-10,12H2,1-2H3. The largest absolute Gasteiger partial charge is 0.388 e. The van der Waals surface area contributed by atoms with Crippen molar-refractivity contribution < 1.29 is 9.94 Å². The zero-order valence-electron chi connectivity index (χ0n) is 13.5. The van der Waals surface area contributed by atoms with Crippen LogP contribution in [0.15, 0.2) is 22.7 Å². The molecule has 1 saturated heterocycles. The smallest absolute Gasteiger partial charge is 0.145 e. The number of likely N-dealkylation sites (tertiary alicyclic amines) is 1. The fourth-order valence-electron chi connectivity index (χ4n) is 3.26. The monoisotopic (exact) mass is 322 g/mol. The van der Waals surface area contributed by atoms with Gasteiger partial charge in [-0.1, -0.05) is 25.1 Å². The summed E-state index contributed by atoms with van der Waals surface area (Å²) in [6, 6.07) is 4.16. The number of piperidine rings is 1. The first-order valence-electron chi connectivity index (χ1n) is 8.29. The van der Waals surface area contributed by atoms with E-state index in [9.17, 15) is 5.11 Å². The minimum Gasteiger partial charge on any atom is -0.388 e. The van der Waals surface area contributed by atoms with E-state index in [4.69, 9.17) is 4.84 Å². The predicted molar refractivity (Wildman–Crippen MR) is 90.2 cm³/mol. The molecule has 0 amide bonds. The van der Waals surface area contributed by atoms with Crippen molar-refractivity contribution in [2.45, 2.75) is 57.8 Å². The van der Waals surface area contributed by atoms with Gasteiger partial charge in [-0.05, 0) is 30.2 Å². The van der Waals surface area contributed by atoms with Gasteiger partial charge in [0.2, 0.25) is 0 Å². The van der Waals surface area contributed by atoms with Crippen LogP contribution < -0.4 is 0 Å². The normalized spacial score (nSPS) is 22.8. The Kier molecular flexibility index (Phi) is 4.85. The fraction of sp³-hybridized carbons (Fsp3) is 0.706. The van der Waals surface area contributed by atoms with Gasteiger partial charge in [-0.2, -0.15) is 0 Å². The van der Waals surface area contributed by atoms with Crippen LogP contribution in [0.25, 0.3) is 0 Å². The van der Waals surface area contributed by atoms with Crippen molar-refractivity contribution in [1.29, 1.82) is 0 Å². The minimum absolute atomic E-state index is 0.131. The van der Waals surface area contributed by atoms with Gasteiger partial charge in [0.15, 0.2) is 0 Å². The van der Waals surface area contributed by atoms with E-state index in [0.29, 0.717) is 5.92 Å². The summed E-state index contributed by atoms with van der Waals surface area (Å²) in [7, 11) is 0. The molecule has 0 bridgehead atoms. The molecule has 1 aromatic rings. The molecule has 1 unspecified atom stereocenters. The quantitative estimate of drug-likeness (QED) is 0.903. The number of thiophene rings is 1. The van der Waals surface area contributed by atoms with Crippen LogP contribution in [-0.2, 0) is 4.84 Å². The molecule has 0 saturated carbocycles. The van der Waals surface area contributed by atoms with Crippen LogP contribution in [0.4, 0.5) is 0 Å². The van der Waals surface area contributed by atoms with Crippen LogP contribution in [0.1, 0.15) is 50.8 Å². The van der Waals surface area contributed by atoms with Gasteiger partial charge in [-0.15, -0.1) is 11.3 Å². The summed E-state index contributed by atoms with van der Waals surface area (Å²) in [6.45, 7) is 6.19. The summed E-state index contributed by atoms with van der Waals surface area (Å²) >= 11 is 1.72. The number of rotatable bonds is 5. The average Bonchev–Trinajstić information content (AvgIpc) is 3.15. The summed E-state index contributed by atoms with van der Waals surface area (Å²) in [5, 5.41) is 16.7. The van der Waals surface area contributed by atoms with Crippen LogP contribution in [0.3, 0.4) is 0 Å². The number of aliphatic hydroxyl groups is 1. The minimum atomic E-state index is -0.307. The van der Waals surface area contributed by atoms with Crippen molar-refractivity contribution >= 4 is 17.0 Å². The number of hydrogen-bond donors (Lipinski definition) is 1. The van der Waals surface area contributed by atoms with Gasteiger partial charge in [0, 0.05) is 32.4 Å². The summed E-state index contributed by atoms with van der Waals surface area (Å²) in [5.41, 5.74) is 0.955. The molecule has 1 N–H and O–H groups in total. The lowest BCUT2D eigenvalue weighted by atomic mass is 9.86. The van der Waals surface area contributed by atoms with Crippen molar-refractivity contribution in [2.75, 3.05) is 13.1 Å². The van der Waals surface area contributed by atoms with Gasteiger partial charge >= 0.3 is 0 Å². The number of aliphatic hydroxyl groups excluding tert-OH is 1. The Morgan fingerprint density at radius 2 is 2.14 bits per heavy atom. The first kappa shape index (κ1) is 16.0. The molecule has 2 aliphatic rings. The topological polar surface area (TPSA) is 45.1 Å². The zero-order valence-corrected chi connectivity index (χ0v) is 14.3. The van der Waals surface area contributed by atoms with Gasteiger partial charge in [-0.3, -0.25) is 4.90 Å². The zero-order chi connectivity index (χ0) is 15.6. The lowest BCUT2D eigenvalue weighted by molar-refractivity contribution is -0.0969. The van der Waals surface area contributed by atoms with Crippen molar-refractivity contribution in [2.24, 2.45) is 11.1 Å². The second-order valence-electron chi connectivity index (χ2n) is 6.95. The van der Waals surface area contributed by atoms with Gasteiger partial charge in [0.05, 0.1) is 4.88 Å². The van der Waals surface area contributed by atoms with Gasteiger partial charge in [0.1, 0.15) is 17.5 Å². The number of hydrogen-bond acceptors (Lipinski definition) is 5. The lowest BCUT2D eigenvalue weighted by Crippen LogP contribution is -2.48. The van der Waals surface area contributed by atoms with E-state index in [1.165, 1.54) is 4.88 Å². The molecule has 3 heterocycles. The summed E-state index contributed by atoms with van der Waals surface area (Å²) in [5.74, 6) is 0.644. The van der Waals surface area contributed by atoms with Crippen molar-refractivity contribution in [3.63, 3.8) is 0 Å². The number of nitrogens with zero attached hydrogens (tertiary/aromatic N) is 2. The molecule has 3 rings (SSSR count). The molecule has 1 aromatic heterocycles. The lowest BCUT2D eigenvalue weighted by Gasteiger charge is -2.39. The molecule has 2 aliphatic heterocycles. The third-order valence-electron chi connectivity index (χ3n) is 4.78. The Balaban J connectivity index is 1.50. The van der Waals surface area contributed by atoms with E-state index in [1.807, 2.05) is 0 Å². The Hall–Kier alpha value is -0.910. The fourth-order valence-corrected chi connectivity index (χ4v) is 3.97. The van der Waals surface area contributed by atoms with Crippen molar-refractivity contribution in [1.82, 2.24) is 4.90 Å². The number of oxime groups is 1. The molecule has 0 aliphatic carbocycles. The van der Waals surface area contributed by atoms with E-state index < -0.39 is 0 Å². The molecule has 5 heteroatoms. The van der Waals surface area contributed by atoms with Crippen LogP contribution >= 0.6 is 11.3 Å². The van der Waals surface area contributed by atoms with E-state index >= 15 is 0 Å². The molecule has 1 fully saturated rings. The Bertz CT molecular complexity index is 505. The Morgan fingerprint density at radius 1 is 1.36 bits per heavy atom. The third-order valence-corrected chi connectivity index (χ3v) is 5.70. The summed E-state index contributed by atoms with van der Waals surface area (Å²) in [6.07, 6.45) is 4.43. The maximum atomic E-state index is 10.3. The summed E-state index contributed by atoms with van der Waals surface area (Å²) in [4.78, 5) is 9.24. The maximum absolute atomic E-state index is 10.3. The van der Waals surface area contributed by atoms with Crippen LogP contribution in [-0.4, -0.2) is 40.6 Å². The SMILES string of the molecule is CC(C)CCC(O)N1CCC2(CC1)CC(c1cccs1)=NO2.